The van der Waals surface area contributed by atoms with Crippen LogP contribution in [0.2, 0.25) is 0 Å². The summed E-state index contributed by atoms with van der Waals surface area (Å²) in [6.45, 7) is 2.31. The number of hydrogen-bond acceptors (Lipinski definition) is 5. The molecule has 21 heavy (non-hydrogen) atoms. The van der Waals surface area contributed by atoms with E-state index in [2.05, 4.69) is 9.46 Å². The molecule has 0 aromatic heterocycles. The SMILES string of the molecule is COC(=O)C[C@H](CCCN)NS(=O)(=O)c1ccc(C)cc1. The quantitative estimate of drug-likeness (QED) is 0.696. The van der Waals surface area contributed by atoms with Crippen LogP contribution in [0.1, 0.15) is 24.8 Å². The van der Waals surface area contributed by atoms with Crippen molar-refractivity contribution in [3.63, 3.8) is 0 Å². The zero-order valence-electron chi connectivity index (χ0n) is 12.3. The number of carbonyl (C=O) groups excluding carboxylic acids is 1. The number of nitrogens with two attached hydrogens (primary N) is 1. The van der Waals surface area contributed by atoms with E-state index in [1.165, 1.54) is 19.2 Å². The van der Waals surface area contributed by atoms with Gasteiger partial charge in [0.2, 0.25) is 10.0 Å². The van der Waals surface area contributed by atoms with Crippen molar-refractivity contribution in [2.24, 2.45) is 5.73 Å². The number of sulfonamides is 1. The lowest BCUT2D eigenvalue weighted by Gasteiger charge is -2.17. The molecule has 1 rings (SSSR count). The first-order valence-corrected chi connectivity index (χ1v) is 8.23. The fourth-order valence-electron chi connectivity index (χ4n) is 1.86. The van der Waals surface area contributed by atoms with Crippen LogP contribution in [-0.2, 0) is 19.6 Å². The first-order valence-electron chi connectivity index (χ1n) is 6.75. The highest BCUT2D eigenvalue weighted by Gasteiger charge is 2.22. The fourth-order valence-corrected chi connectivity index (χ4v) is 3.13. The van der Waals surface area contributed by atoms with Crippen LogP contribution in [0.15, 0.2) is 29.2 Å². The Balaban J connectivity index is 2.84. The largest absolute Gasteiger partial charge is 0.469 e. The minimum atomic E-state index is -3.66. The lowest BCUT2D eigenvalue weighted by atomic mass is 10.1. The van der Waals surface area contributed by atoms with Crippen molar-refractivity contribution in [3.8, 4) is 0 Å². The monoisotopic (exact) mass is 314 g/mol. The number of hydrogen-bond donors (Lipinski definition) is 2. The van der Waals surface area contributed by atoms with Crippen molar-refractivity contribution in [2.75, 3.05) is 13.7 Å². The van der Waals surface area contributed by atoms with Gasteiger partial charge >= 0.3 is 5.97 Å². The van der Waals surface area contributed by atoms with Gasteiger partial charge in [-0.05, 0) is 38.4 Å². The highest BCUT2D eigenvalue weighted by Crippen LogP contribution is 2.13. The number of ether oxygens (including phenoxy) is 1. The van der Waals surface area contributed by atoms with Crippen molar-refractivity contribution in [2.45, 2.75) is 37.1 Å². The zero-order valence-corrected chi connectivity index (χ0v) is 13.2. The van der Waals surface area contributed by atoms with Crippen LogP contribution in [0, 0.1) is 6.92 Å². The maximum Gasteiger partial charge on any atom is 0.307 e. The maximum absolute atomic E-state index is 12.3. The molecule has 0 heterocycles. The average molecular weight is 314 g/mol. The van der Waals surface area contributed by atoms with Gasteiger partial charge in [0.1, 0.15) is 0 Å². The average Bonchev–Trinajstić information content (AvgIpc) is 2.44. The van der Waals surface area contributed by atoms with E-state index in [-0.39, 0.29) is 11.3 Å². The third-order valence-corrected chi connectivity index (χ3v) is 4.59. The van der Waals surface area contributed by atoms with E-state index < -0.39 is 22.0 Å². The molecule has 0 fully saturated rings. The number of methoxy groups -OCH3 is 1. The molecule has 0 amide bonds. The molecule has 0 aliphatic heterocycles. The molecule has 0 bridgehead atoms. The molecular formula is C14H22N2O4S. The van der Waals surface area contributed by atoms with Gasteiger partial charge in [-0.2, -0.15) is 0 Å². The molecule has 0 radical (unpaired) electrons. The summed E-state index contributed by atoms with van der Waals surface area (Å²) in [6, 6.07) is 6.01. The molecule has 1 atom stereocenters. The Kier molecular flexibility index (Phi) is 6.80. The summed E-state index contributed by atoms with van der Waals surface area (Å²) in [7, 11) is -2.38. The molecule has 7 heteroatoms. The van der Waals surface area contributed by atoms with Crippen LogP contribution in [0.3, 0.4) is 0 Å². The summed E-state index contributed by atoms with van der Waals surface area (Å²) < 4.78 is 31.7. The Bertz CT molecular complexity index is 555. The standard InChI is InChI=1S/C14H22N2O4S/c1-11-5-7-13(8-6-11)21(18,19)16-12(4-3-9-15)10-14(17)20-2/h5-8,12,16H,3-4,9-10,15H2,1-2H3/t12-/m0/s1. The Morgan fingerprint density at radius 1 is 1.33 bits per heavy atom. The van der Waals surface area contributed by atoms with Gasteiger partial charge in [0.05, 0.1) is 18.4 Å². The molecule has 0 saturated heterocycles. The fraction of sp³-hybridized carbons (Fsp3) is 0.500. The number of rotatable bonds is 8. The Morgan fingerprint density at radius 3 is 2.48 bits per heavy atom. The van der Waals surface area contributed by atoms with Crippen molar-refractivity contribution < 1.29 is 17.9 Å². The molecule has 1 aromatic carbocycles. The number of benzene rings is 1. The van der Waals surface area contributed by atoms with Gasteiger partial charge in [0.15, 0.2) is 0 Å². The summed E-state index contributed by atoms with van der Waals surface area (Å²) in [5, 5.41) is 0. The summed E-state index contributed by atoms with van der Waals surface area (Å²) in [5.41, 5.74) is 6.41. The number of esters is 1. The number of aryl methyl sites for hydroxylation is 1. The van der Waals surface area contributed by atoms with E-state index in [9.17, 15) is 13.2 Å². The Labute approximate surface area is 125 Å². The van der Waals surface area contributed by atoms with Crippen LogP contribution < -0.4 is 10.5 Å². The lowest BCUT2D eigenvalue weighted by molar-refractivity contribution is -0.141. The molecular weight excluding hydrogens is 292 g/mol. The van der Waals surface area contributed by atoms with Crippen LogP contribution >= 0.6 is 0 Å². The minimum Gasteiger partial charge on any atom is -0.469 e. The summed E-state index contributed by atoms with van der Waals surface area (Å²) in [5.74, 6) is -0.455. The lowest BCUT2D eigenvalue weighted by Crippen LogP contribution is -2.37. The first-order chi connectivity index (χ1) is 9.89. The van der Waals surface area contributed by atoms with Crippen molar-refractivity contribution in [1.29, 1.82) is 0 Å². The summed E-state index contributed by atoms with van der Waals surface area (Å²) >= 11 is 0. The second-order valence-corrected chi connectivity index (χ2v) is 6.56. The van der Waals surface area contributed by atoms with Crippen LogP contribution in [-0.4, -0.2) is 34.1 Å². The van der Waals surface area contributed by atoms with Crippen molar-refractivity contribution >= 4 is 16.0 Å². The second-order valence-electron chi connectivity index (χ2n) is 4.84. The molecule has 6 nitrogen and oxygen atoms in total. The highest BCUT2D eigenvalue weighted by atomic mass is 32.2. The van der Waals surface area contributed by atoms with Gasteiger partial charge in [-0.1, -0.05) is 17.7 Å². The van der Waals surface area contributed by atoms with Gasteiger partial charge in [-0.25, -0.2) is 13.1 Å². The Morgan fingerprint density at radius 2 is 1.95 bits per heavy atom. The molecule has 0 aliphatic rings. The van der Waals surface area contributed by atoms with Gasteiger partial charge in [0, 0.05) is 6.04 Å². The van der Waals surface area contributed by atoms with E-state index >= 15 is 0 Å². The van der Waals surface area contributed by atoms with Gasteiger partial charge in [-0.3, -0.25) is 4.79 Å². The van der Waals surface area contributed by atoms with E-state index in [1.807, 2.05) is 6.92 Å². The molecule has 3 N–H and O–H groups in total. The summed E-state index contributed by atoms with van der Waals surface area (Å²) in [6.07, 6.45) is 1.09. The topological polar surface area (TPSA) is 98.5 Å². The molecule has 118 valence electrons. The maximum atomic E-state index is 12.3. The van der Waals surface area contributed by atoms with Crippen LogP contribution in [0.4, 0.5) is 0 Å². The molecule has 0 aliphatic carbocycles. The molecule has 1 aromatic rings. The number of nitrogens with one attached hydrogen (secondary N) is 1. The van der Waals surface area contributed by atoms with Crippen molar-refractivity contribution in [1.82, 2.24) is 4.72 Å². The van der Waals surface area contributed by atoms with E-state index in [1.54, 1.807) is 12.1 Å². The van der Waals surface area contributed by atoms with E-state index in [0.29, 0.717) is 19.4 Å². The number of carbonyl (C=O) groups is 1. The smallest absolute Gasteiger partial charge is 0.307 e. The highest BCUT2D eigenvalue weighted by molar-refractivity contribution is 7.89. The van der Waals surface area contributed by atoms with E-state index in [4.69, 9.17) is 5.73 Å². The Hall–Kier alpha value is -1.44. The predicted molar refractivity (Wildman–Crippen MR) is 80.2 cm³/mol. The summed E-state index contributed by atoms with van der Waals surface area (Å²) in [4.78, 5) is 11.5. The minimum absolute atomic E-state index is 0.0123. The van der Waals surface area contributed by atoms with Gasteiger partial charge in [-0.15, -0.1) is 0 Å². The van der Waals surface area contributed by atoms with Gasteiger partial charge in [0.25, 0.3) is 0 Å². The van der Waals surface area contributed by atoms with Gasteiger partial charge < -0.3 is 10.5 Å². The van der Waals surface area contributed by atoms with Crippen molar-refractivity contribution in [3.05, 3.63) is 29.8 Å². The molecule has 0 saturated carbocycles. The predicted octanol–water partition coefficient (Wildman–Crippen LogP) is 0.944. The molecule has 0 spiro atoms. The third kappa shape index (κ3) is 5.82. The van der Waals surface area contributed by atoms with Crippen LogP contribution in [0.5, 0.6) is 0 Å². The van der Waals surface area contributed by atoms with E-state index in [0.717, 1.165) is 5.56 Å². The third-order valence-electron chi connectivity index (χ3n) is 3.05. The second kappa shape index (κ2) is 8.11. The first kappa shape index (κ1) is 17.6. The zero-order chi connectivity index (χ0) is 15.9. The van der Waals surface area contributed by atoms with Crippen LogP contribution in [0.25, 0.3) is 0 Å². The normalized spacial score (nSPS) is 12.9. The molecule has 0 unspecified atom stereocenters.